The Hall–Kier alpha value is -0.830. The van der Waals surface area contributed by atoms with E-state index in [1.807, 2.05) is 0 Å². The molecule has 1 N–H and O–H groups in total. The van der Waals surface area contributed by atoms with Crippen molar-refractivity contribution < 1.29 is 9.90 Å². The van der Waals surface area contributed by atoms with Crippen molar-refractivity contribution in [3.8, 4) is 0 Å². The van der Waals surface area contributed by atoms with Crippen molar-refractivity contribution in [3.05, 3.63) is 21.9 Å². The van der Waals surface area contributed by atoms with E-state index in [2.05, 4.69) is 32.9 Å². The number of carboxylic acid groups (broad SMARTS) is 1. The molecule has 1 heterocycles. The van der Waals surface area contributed by atoms with E-state index in [0.717, 1.165) is 19.3 Å². The summed E-state index contributed by atoms with van der Waals surface area (Å²) >= 11 is 1.77. The number of hydrogen-bond donors (Lipinski definition) is 1. The molecule has 100 valence electrons. The fourth-order valence-electron chi connectivity index (χ4n) is 3.07. The molecule has 0 spiro atoms. The van der Waals surface area contributed by atoms with Gasteiger partial charge >= 0.3 is 5.97 Å². The quantitative estimate of drug-likeness (QED) is 0.885. The van der Waals surface area contributed by atoms with E-state index in [9.17, 15) is 9.90 Å². The van der Waals surface area contributed by atoms with Gasteiger partial charge in [0, 0.05) is 15.7 Å². The number of aryl methyl sites for hydroxylation is 1. The van der Waals surface area contributed by atoms with Crippen LogP contribution in [0.5, 0.6) is 0 Å². The molecule has 3 atom stereocenters. The monoisotopic (exact) mass is 266 g/mol. The van der Waals surface area contributed by atoms with Gasteiger partial charge in [-0.2, -0.15) is 0 Å². The molecule has 1 fully saturated rings. The van der Waals surface area contributed by atoms with E-state index in [4.69, 9.17) is 0 Å². The van der Waals surface area contributed by atoms with Crippen LogP contribution in [0.15, 0.2) is 12.1 Å². The van der Waals surface area contributed by atoms with Crippen molar-refractivity contribution in [2.24, 2.45) is 17.8 Å². The summed E-state index contributed by atoms with van der Waals surface area (Å²) in [5, 5.41) is 9.41. The van der Waals surface area contributed by atoms with Crippen molar-refractivity contribution in [1.29, 1.82) is 0 Å². The molecule has 1 aromatic rings. The first-order valence-corrected chi connectivity index (χ1v) is 7.59. The molecule has 2 rings (SSSR count). The van der Waals surface area contributed by atoms with Crippen molar-refractivity contribution in [2.75, 3.05) is 0 Å². The maximum absolute atomic E-state index is 11.4. The summed E-state index contributed by atoms with van der Waals surface area (Å²) in [5.41, 5.74) is 0. The predicted molar refractivity (Wildman–Crippen MR) is 75.1 cm³/mol. The lowest BCUT2D eigenvalue weighted by Crippen LogP contribution is -2.30. The first kappa shape index (κ1) is 13.6. The summed E-state index contributed by atoms with van der Waals surface area (Å²) in [5.74, 6) is 0.755. The molecule has 18 heavy (non-hydrogen) atoms. The largest absolute Gasteiger partial charge is 0.481 e. The van der Waals surface area contributed by atoms with E-state index < -0.39 is 5.97 Å². The molecule has 1 saturated carbocycles. The second-order valence-electron chi connectivity index (χ2n) is 5.82. The Morgan fingerprint density at radius 2 is 2.11 bits per heavy atom. The summed E-state index contributed by atoms with van der Waals surface area (Å²) in [6.07, 6.45) is 2.93. The van der Waals surface area contributed by atoms with Gasteiger partial charge in [-0.15, -0.1) is 11.3 Å². The van der Waals surface area contributed by atoms with Crippen LogP contribution in [0.4, 0.5) is 0 Å². The van der Waals surface area contributed by atoms with Gasteiger partial charge in [-0.1, -0.05) is 13.8 Å². The SMILES string of the molecule is Cc1ccc(C2CC(C(C)C)CCC2C(=O)O)s1. The van der Waals surface area contributed by atoms with E-state index >= 15 is 0 Å². The highest BCUT2D eigenvalue weighted by Crippen LogP contribution is 2.45. The van der Waals surface area contributed by atoms with Gasteiger partial charge in [0.25, 0.3) is 0 Å². The lowest BCUT2D eigenvalue weighted by Gasteiger charge is -2.35. The number of carbonyl (C=O) groups is 1. The van der Waals surface area contributed by atoms with Crippen LogP contribution in [-0.4, -0.2) is 11.1 Å². The van der Waals surface area contributed by atoms with E-state index in [1.54, 1.807) is 11.3 Å². The summed E-state index contributed by atoms with van der Waals surface area (Å²) in [6, 6.07) is 4.24. The molecular weight excluding hydrogens is 244 g/mol. The number of thiophene rings is 1. The third-order valence-electron chi connectivity index (χ3n) is 4.28. The van der Waals surface area contributed by atoms with Gasteiger partial charge in [-0.25, -0.2) is 0 Å². The van der Waals surface area contributed by atoms with Gasteiger partial charge in [0.2, 0.25) is 0 Å². The third-order valence-corrected chi connectivity index (χ3v) is 5.41. The number of hydrogen-bond acceptors (Lipinski definition) is 2. The van der Waals surface area contributed by atoms with Crippen LogP contribution >= 0.6 is 11.3 Å². The minimum atomic E-state index is -0.617. The van der Waals surface area contributed by atoms with Crippen molar-refractivity contribution in [3.63, 3.8) is 0 Å². The van der Waals surface area contributed by atoms with Gasteiger partial charge in [0.05, 0.1) is 5.92 Å². The Kier molecular flexibility index (Phi) is 4.10. The van der Waals surface area contributed by atoms with Crippen LogP contribution in [0.25, 0.3) is 0 Å². The smallest absolute Gasteiger partial charge is 0.307 e. The molecule has 0 amide bonds. The zero-order valence-electron chi connectivity index (χ0n) is 11.3. The minimum absolute atomic E-state index is 0.182. The summed E-state index contributed by atoms with van der Waals surface area (Å²) in [7, 11) is 0. The lowest BCUT2D eigenvalue weighted by atomic mass is 9.70. The molecule has 0 saturated heterocycles. The fourth-order valence-corrected chi connectivity index (χ4v) is 4.13. The molecule has 0 radical (unpaired) electrons. The minimum Gasteiger partial charge on any atom is -0.481 e. The molecule has 3 unspecified atom stereocenters. The normalized spacial score (nSPS) is 28.6. The Labute approximate surface area is 113 Å². The van der Waals surface area contributed by atoms with Crippen LogP contribution < -0.4 is 0 Å². The Balaban J connectivity index is 2.22. The molecular formula is C15H22O2S. The highest BCUT2D eigenvalue weighted by Gasteiger charge is 2.37. The summed E-state index contributed by atoms with van der Waals surface area (Å²) in [4.78, 5) is 14.0. The first-order valence-electron chi connectivity index (χ1n) is 6.78. The van der Waals surface area contributed by atoms with E-state index in [-0.39, 0.29) is 11.8 Å². The topological polar surface area (TPSA) is 37.3 Å². The average molecular weight is 266 g/mol. The Bertz CT molecular complexity index is 422. The molecule has 1 aliphatic carbocycles. The number of rotatable bonds is 3. The van der Waals surface area contributed by atoms with Crippen LogP contribution in [0, 0.1) is 24.7 Å². The lowest BCUT2D eigenvalue weighted by molar-refractivity contribution is -0.144. The molecule has 2 nitrogen and oxygen atoms in total. The molecule has 0 aromatic carbocycles. The Morgan fingerprint density at radius 1 is 1.39 bits per heavy atom. The van der Waals surface area contributed by atoms with Crippen LogP contribution in [0.3, 0.4) is 0 Å². The summed E-state index contributed by atoms with van der Waals surface area (Å²) < 4.78 is 0. The van der Waals surface area contributed by atoms with Crippen molar-refractivity contribution >= 4 is 17.3 Å². The van der Waals surface area contributed by atoms with E-state index in [0.29, 0.717) is 11.8 Å². The van der Waals surface area contributed by atoms with E-state index in [1.165, 1.54) is 9.75 Å². The zero-order valence-corrected chi connectivity index (χ0v) is 12.2. The second-order valence-corrected chi connectivity index (χ2v) is 7.14. The second kappa shape index (κ2) is 5.43. The predicted octanol–water partition coefficient (Wildman–Crippen LogP) is 4.30. The standard InChI is InChI=1S/C15H22O2S/c1-9(2)11-5-6-12(15(16)17)13(8-11)14-7-4-10(3)18-14/h4,7,9,11-13H,5-6,8H2,1-3H3,(H,16,17). The Morgan fingerprint density at radius 3 is 2.61 bits per heavy atom. The molecule has 1 aromatic heterocycles. The first-order chi connectivity index (χ1) is 8.49. The maximum Gasteiger partial charge on any atom is 0.307 e. The molecule has 1 aliphatic rings. The van der Waals surface area contributed by atoms with Crippen LogP contribution in [-0.2, 0) is 4.79 Å². The summed E-state index contributed by atoms with van der Waals surface area (Å²) in [6.45, 7) is 6.59. The fraction of sp³-hybridized carbons (Fsp3) is 0.667. The van der Waals surface area contributed by atoms with Crippen LogP contribution in [0.1, 0.15) is 48.8 Å². The highest BCUT2D eigenvalue weighted by atomic mass is 32.1. The number of aliphatic carboxylic acids is 1. The zero-order chi connectivity index (χ0) is 13.3. The van der Waals surface area contributed by atoms with Gasteiger partial charge < -0.3 is 5.11 Å². The average Bonchev–Trinajstić information content (AvgIpc) is 2.74. The van der Waals surface area contributed by atoms with Gasteiger partial charge in [0.15, 0.2) is 0 Å². The number of carboxylic acids is 1. The molecule has 0 aliphatic heterocycles. The molecule has 3 heteroatoms. The highest BCUT2D eigenvalue weighted by molar-refractivity contribution is 7.12. The van der Waals surface area contributed by atoms with Crippen molar-refractivity contribution in [2.45, 2.75) is 46.0 Å². The maximum atomic E-state index is 11.4. The van der Waals surface area contributed by atoms with Gasteiger partial charge in [0.1, 0.15) is 0 Å². The van der Waals surface area contributed by atoms with Gasteiger partial charge in [-0.05, 0) is 50.2 Å². The molecule has 0 bridgehead atoms. The van der Waals surface area contributed by atoms with Crippen LogP contribution in [0.2, 0.25) is 0 Å². The third kappa shape index (κ3) is 2.77. The van der Waals surface area contributed by atoms with Crippen molar-refractivity contribution in [1.82, 2.24) is 0 Å². The van der Waals surface area contributed by atoms with Gasteiger partial charge in [-0.3, -0.25) is 4.79 Å².